The second kappa shape index (κ2) is 7.52. The van der Waals surface area contributed by atoms with E-state index in [1.165, 1.54) is 50.8 Å². The van der Waals surface area contributed by atoms with Gasteiger partial charge in [-0.05, 0) is 20.3 Å². The average molecular weight is 237 g/mol. The molecule has 0 amide bonds. The maximum Gasteiger partial charge on any atom is 0.256 e. The third-order valence-electron chi connectivity index (χ3n) is 3.47. The van der Waals surface area contributed by atoms with Crippen LogP contribution in [0, 0.1) is 0 Å². The lowest BCUT2D eigenvalue weighted by molar-refractivity contribution is -0.679. The van der Waals surface area contributed by atoms with Crippen molar-refractivity contribution in [3.8, 4) is 0 Å². The van der Waals surface area contributed by atoms with E-state index in [0.717, 1.165) is 0 Å². The van der Waals surface area contributed by atoms with Crippen LogP contribution in [0.3, 0.4) is 0 Å². The molecule has 0 aliphatic heterocycles. The molecule has 0 N–H and O–H groups in total. The molecular formula is C15H29N2+. The van der Waals surface area contributed by atoms with E-state index in [2.05, 4.69) is 49.3 Å². The second-order valence-corrected chi connectivity index (χ2v) is 5.34. The standard InChI is InChI=1S/C15H29N2/c1-5-6-7-8-9-10-11-15-16(4)12-13-17(15)14(2)3/h12-14H,5-11H2,1-4H3/q+1. The number of unbranched alkanes of at least 4 members (excludes halogenated alkanes) is 5. The van der Waals surface area contributed by atoms with Crippen LogP contribution in [0.5, 0.6) is 0 Å². The minimum absolute atomic E-state index is 0.575. The van der Waals surface area contributed by atoms with Crippen LogP contribution in [0.1, 0.15) is 71.2 Å². The van der Waals surface area contributed by atoms with Crippen molar-refractivity contribution in [2.75, 3.05) is 0 Å². The van der Waals surface area contributed by atoms with Gasteiger partial charge in [-0.2, -0.15) is 0 Å². The number of aromatic nitrogens is 2. The number of imidazole rings is 1. The lowest BCUT2D eigenvalue weighted by Gasteiger charge is -2.06. The predicted octanol–water partition coefficient (Wildman–Crippen LogP) is 3.80. The fourth-order valence-electron chi connectivity index (χ4n) is 2.37. The summed E-state index contributed by atoms with van der Waals surface area (Å²) in [5.74, 6) is 1.47. The summed E-state index contributed by atoms with van der Waals surface area (Å²) in [7, 11) is 2.16. The molecule has 2 heteroatoms. The van der Waals surface area contributed by atoms with Crippen LogP contribution in [-0.4, -0.2) is 4.57 Å². The van der Waals surface area contributed by atoms with Gasteiger partial charge in [-0.15, -0.1) is 0 Å². The number of nitrogens with zero attached hydrogens (tertiary/aromatic N) is 2. The first kappa shape index (κ1) is 14.3. The minimum atomic E-state index is 0.575. The Balaban J connectivity index is 2.33. The molecule has 0 unspecified atom stereocenters. The van der Waals surface area contributed by atoms with Gasteiger partial charge >= 0.3 is 0 Å². The summed E-state index contributed by atoms with van der Waals surface area (Å²) >= 11 is 0. The number of rotatable bonds is 8. The summed E-state index contributed by atoms with van der Waals surface area (Å²) in [5.41, 5.74) is 0. The molecule has 1 heterocycles. The van der Waals surface area contributed by atoms with E-state index in [1.807, 2.05) is 0 Å². The summed E-state index contributed by atoms with van der Waals surface area (Å²) in [5, 5.41) is 0. The molecule has 0 aliphatic carbocycles. The van der Waals surface area contributed by atoms with Crippen molar-refractivity contribution in [1.29, 1.82) is 0 Å². The molecule has 17 heavy (non-hydrogen) atoms. The summed E-state index contributed by atoms with van der Waals surface area (Å²) in [6.45, 7) is 6.78. The van der Waals surface area contributed by atoms with Gasteiger partial charge in [0.15, 0.2) is 0 Å². The van der Waals surface area contributed by atoms with Crippen molar-refractivity contribution in [2.45, 2.75) is 71.8 Å². The highest BCUT2D eigenvalue weighted by Crippen LogP contribution is 2.11. The first-order valence-corrected chi connectivity index (χ1v) is 7.22. The molecule has 1 rings (SSSR count). The molecule has 0 saturated carbocycles. The fourth-order valence-corrected chi connectivity index (χ4v) is 2.37. The SMILES string of the molecule is CCCCCCCCc1n(C(C)C)cc[n+]1C. The highest BCUT2D eigenvalue weighted by atomic mass is 15.1. The molecule has 0 bridgehead atoms. The number of hydrogen-bond acceptors (Lipinski definition) is 0. The van der Waals surface area contributed by atoms with Crippen molar-refractivity contribution in [3.63, 3.8) is 0 Å². The molecule has 0 spiro atoms. The van der Waals surface area contributed by atoms with E-state index in [-0.39, 0.29) is 0 Å². The van der Waals surface area contributed by atoms with E-state index >= 15 is 0 Å². The van der Waals surface area contributed by atoms with Gasteiger partial charge in [-0.25, -0.2) is 9.13 Å². The predicted molar refractivity (Wildman–Crippen MR) is 73.1 cm³/mol. The number of hydrogen-bond donors (Lipinski definition) is 0. The Bertz CT molecular complexity index is 313. The third kappa shape index (κ3) is 4.53. The highest BCUT2D eigenvalue weighted by Gasteiger charge is 2.15. The second-order valence-electron chi connectivity index (χ2n) is 5.34. The van der Waals surface area contributed by atoms with Crippen molar-refractivity contribution < 1.29 is 4.57 Å². The third-order valence-corrected chi connectivity index (χ3v) is 3.47. The Labute approximate surface area is 107 Å². The lowest BCUT2D eigenvalue weighted by Crippen LogP contribution is -2.32. The van der Waals surface area contributed by atoms with Crippen LogP contribution in [0.15, 0.2) is 12.4 Å². The zero-order chi connectivity index (χ0) is 12.7. The molecule has 0 radical (unpaired) electrons. The Morgan fingerprint density at radius 3 is 2.41 bits per heavy atom. The van der Waals surface area contributed by atoms with Crippen LogP contribution in [0.25, 0.3) is 0 Å². The van der Waals surface area contributed by atoms with Gasteiger partial charge < -0.3 is 0 Å². The van der Waals surface area contributed by atoms with Crippen LogP contribution in [0.4, 0.5) is 0 Å². The first-order valence-electron chi connectivity index (χ1n) is 7.22. The van der Waals surface area contributed by atoms with Gasteiger partial charge in [0, 0.05) is 6.42 Å². The zero-order valence-electron chi connectivity index (χ0n) is 12.1. The van der Waals surface area contributed by atoms with Crippen LogP contribution in [-0.2, 0) is 13.5 Å². The van der Waals surface area contributed by atoms with Gasteiger partial charge in [-0.1, -0.05) is 39.0 Å². The molecule has 1 aromatic heterocycles. The Kier molecular flexibility index (Phi) is 6.31. The maximum absolute atomic E-state index is 2.39. The minimum Gasteiger partial charge on any atom is -0.237 e. The van der Waals surface area contributed by atoms with Gasteiger partial charge in [0.1, 0.15) is 12.4 Å². The van der Waals surface area contributed by atoms with Crippen molar-refractivity contribution in [1.82, 2.24) is 4.57 Å². The Morgan fingerprint density at radius 1 is 1.12 bits per heavy atom. The van der Waals surface area contributed by atoms with Crippen LogP contribution < -0.4 is 4.57 Å². The van der Waals surface area contributed by atoms with Gasteiger partial charge in [0.05, 0.1) is 13.1 Å². The van der Waals surface area contributed by atoms with Gasteiger partial charge in [-0.3, -0.25) is 0 Å². The summed E-state index contributed by atoms with van der Waals surface area (Å²) < 4.78 is 4.66. The molecule has 1 aromatic rings. The van der Waals surface area contributed by atoms with Gasteiger partial charge in [0.25, 0.3) is 5.82 Å². The molecule has 0 atom stereocenters. The van der Waals surface area contributed by atoms with Gasteiger partial charge in [0.2, 0.25) is 0 Å². The van der Waals surface area contributed by atoms with Crippen LogP contribution >= 0.6 is 0 Å². The van der Waals surface area contributed by atoms with E-state index in [1.54, 1.807) is 0 Å². The molecule has 0 fully saturated rings. The molecule has 0 saturated heterocycles. The Morgan fingerprint density at radius 2 is 1.76 bits per heavy atom. The normalized spacial score (nSPS) is 11.4. The molecule has 0 aromatic carbocycles. The maximum atomic E-state index is 2.39. The summed E-state index contributed by atoms with van der Waals surface area (Å²) in [6.07, 6.45) is 13.9. The largest absolute Gasteiger partial charge is 0.256 e. The van der Waals surface area contributed by atoms with E-state index in [4.69, 9.17) is 0 Å². The van der Waals surface area contributed by atoms with Crippen LogP contribution in [0.2, 0.25) is 0 Å². The molecular weight excluding hydrogens is 208 g/mol. The molecule has 98 valence electrons. The Hall–Kier alpha value is -0.790. The highest BCUT2D eigenvalue weighted by molar-refractivity contribution is 4.86. The van der Waals surface area contributed by atoms with E-state index in [0.29, 0.717) is 6.04 Å². The van der Waals surface area contributed by atoms with Crippen molar-refractivity contribution in [3.05, 3.63) is 18.2 Å². The zero-order valence-corrected chi connectivity index (χ0v) is 12.1. The van der Waals surface area contributed by atoms with E-state index < -0.39 is 0 Å². The van der Waals surface area contributed by atoms with E-state index in [9.17, 15) is 0 Å². The average Bonchev–Trinajstić information content (AvgIpc) is 2.65. The molecule has 0 aliphatic rings. The lowest BCUT2D eigenvalue weighted by atomic mass is 10.1. The quantitative estimate of drug-likeness (QED) is 0.480. The fraction of sp³-hybridized carbons (Fsp3) is 0.800. The summed E-state index contributed by atoms with van der Waals surface area (Å²) in [4.78, 5) is 0. The van der Waals surface area contributed by atoms with Crippen molar-refractivity contribution in [2.24, 2.45) is 7.05 Å². The smallest absolute Gasteiger partial charge is 0.237 e. The van der Waals surface area contributed by atoms with Crippen molar-refractivity contribution >= 4 is 0 Å². The topological polar surface area (TPSA) is 8.81 Å². The number of aryl methyl sites for hydroxylation is 1. The monoisotopic (exact) mass is 237 g/mol. The summed E-state index contributed by atoms with van der Waals surface area (Å²) in [6, 6.07) is 0.575. The first-order chi connectivity index (χ1) is 8.16. The molecule has 2 nitrogen and oxygen atoms in total.